The average molecular weight is 471 g/mol. The SMILES string of the molecule is Cc1ccccc1S(=O)(=O)Nc1cc(Br)c(N)c2c1C(=O)c1ccccc1C2=O. The van der Waals surface area contributed by atoms with E-state index in [-0.39, 0.29) is 38.5 Å². The molecule has 8 heteroatoms. The van der Waals surface area contributed by atoms with Crippen molar-refractivity contribution in [3.63, 3.8) is 0 Å². The summed E-state index contributed by atoms with van der Waals surface area (Å²) in [4.78, 5) is 26.3. The van der Waals surface area contributed by atoms with E-state index >= 15 is 0 Å². The molecule has 0 spiro atoms. The number of sulfonamides is 1. The fraction of sp³-hybridized carbons (Fsp3) is 0.0476. The van der Waals surface area contributed by atoms with Crippen LogP contribution in [0.4, 0.5) is 11.4 Å². The van der Waals surface area contributed by atoms with Crippen LogP contribution in [-0.2, 0) is 10.0 Å². The molecular weight excluding hydrogens is 456 g/mol. The molecule has 0 radical (unpaired) electrons. The second-order valence-corrected chi connectivity index (χ2v) is 9.15. The quantitative estimate of drug-likeness (QED) is 0.441. The molecule has 0 heterocycles. The molecule has 0 aromatic heterocycles. The highest BCUT2D eigenvalue weighted by Crippen LogP contribution is 2.40. The van der Waals surface area contributed by atoms with Crippen molar-refractivity contribution in [1.29, 1.82) is 0 Å². The molecule has 3 N–H and O–H groups in total. The van der Waals surface area contributed by atoms with Crippen molar-refractivity contribution in [2.45, 2.75) is 11.8 Å². The van der Waals surface area contributed by atoms with E-state index < -0.39 is 21.6 Å². The third-order valence-corrected chi connectivity index (χ3v) is 7.00. The van der Waals surface area contributed by atoms with E-state index in [0.29, 0.717) is 10.0 Å². The number of nitrogen functional groups attached to an aromatic ring is 1. The van der Waals surface area contributed by atoms with Crippen LogP contribution in [0.2, 0.25) is 0 Å². The van der Waals surface area contributed by atoms with Gasteiger partial charge in [-0.1, -0.05) is 42.5 Å². The number of aryl methyl sites for hydroxylation is 1. The highest BCUT2D eigenvalue weighted by Gasteiger charge is 2.35. The summed E-state index contributed by atoms with van der Waals surface area (Å²) in [7, 11) is -4.00. The van der Waals surface area contributed by atoms with Crippen molar-refractivity contribution in [2.24, 2.45) is 0 Å². The molecule has 0 bridgehead atoms. The van der Waals surface area contributed by atoms with Gasteiger partial charge < -0.3 is 5.73 Å². The summed E-state index contributed by atoms with van der Waals surface area (Å²) in [6, 6.07) is 14.3. The normalized spacial score (nSPS) is 13.0. The molecular formula is C21H15BrN2O4S. The van der Waals surface area contributed by atoms with Crippen molar-refractivity contribution >= 4 is 48.9 Å². The molecule has 0 unspecified atom stereocenters. The standard InChI is InChI=1S/C21H15BrN2O4S/c1-11-6-2-5-9-16(11)29(27,28)24-15-10-14(22)19(23)18-17(15)20(25)12-7-3-4-8-13(12)21(18)26/h2-10,24H,23H2,1H3. The Kier molecular flexibility index (Phi) is 4.55. The van der Waals surface area contributed by atoms with Crippen molar-refractivity contribution in [1.82, 2.24) is 0 Å². The lowest BCUT2D eigenvalue weighted by molar-refractivity contribution is 0.0980. The number of anilines is 2. The largest absolute Gasteiger partial charge is 0.397 e. The predicted molar refractivity (Wildman–Crippen MR) is 114 cm³/mol. The van der Waals surface area contributed by atoms with Gasteiger partial charge in [-0.05, 0) is 40.5 Å². The van der Waals surface area contributed by atoms with Crippen LogP contribution in [-0.4, -0.2) is 20.0 Å². The van der Waals surface area contributed by atoms with E-state index in [4.69, 9.17) is 5.73 Å². The molecule has 6 nitrogen and oxygen atoms in total. The zero-order valence-corrected chi connectivity index (χ0v) is 17.6. The van der Waals surface area contributed by atoms with Crippen LogP contribution in [0.15, 0.2) is 64.0 Å². The maximum Gasteiger partial charge on any atom is 0.262 e. The van der Waals surface area contributed by atoms with Gasteiger partial charge in [0.1, 0.15) is 0 Å². The number of carbonyl (C=O) groups excluding carboxylic acids is 2. The molecule has 146 valence electrons. The third-order valence-electron chi connectivity index (χ3n) is 4.81. The minimum Gasteiger partial charge on any atom is -0.397 e. The van der Waals surface area contributed by atoms with Crippen LogP contribution in [0, 0.1) is 6.92 Å². The van der Waals surface area contributed by atoms with Gasteiger partial charge in [-0.15, -0.1) is 0 Å². The number of nitrogens with two attached hydrogens (primary N) is 1. The molecule has 0 fully saturated rings. The fourth-order valence-corrected chi connectivity index (χ4v) is 5.16. The van der Waals surface area contributed by atoms with Crippen LogP contribution < -0.4 is 10.5 Å². The lowest BCUT2D eigenvalue weighted by Crippen LogP contribution is -2.25. The zero-order valence-electron chi connectivity index (χ0n) is 15.2. The summed E-state index contributed by atoms with van der Waals surface area (Å²) in [5.41, 5.74) is 7.11. The Hall–Kier alpha value is -2.97. The van der Waals surface area contributed by atoms with E-state index in [9.17, 15) is 18.0 Å². The smallest absolute Gasteiger partial charge is 0.262 e. The first-order valence-corrected chi connectivity index (χ1v) is 10.9. The molecule has 0 saturated carbocycles. The van der Waals surface area contributed by atoms with E-state index in [0.717, 1.165) is 0 Å². The second-order valence-electron chi connectivity index (χ2n) is 6.64. The number of ketones is 2. The first-order chi connectivity index (χ1) is 13.7. The lowest BCUT2D eigenvalue weighted by atomic mass is 9.82. The van der Waals surface area contributed by atoms with Crippen LogP contribution in [0.25, 0.3) is 0 Å². The van der Waals surface area contributed by atoms with E-state index in [1.54, 1.807) is 43.3 Å². The summed E-state index contributed by atoms with van der Waals surface area (Å²) in [6.07, 6.45) is 0. The highest BCUT2D eigenvalue weighted by atomic mass is 79.9. The van der Waals surface area contributed by atoms with Gasteiger partial charge in [-0.25, -0.2) is 8.42 Å². The number of benzene rings is 3. The molecule has 1 aliphatic carbocycles. The Bertz CT molecular complexity index is 1320. The van der Waals surface area contributed by atoms with Crippen molar-refractivity contribution in [2.75, 3.05) is 10.5 Å². The van der Waals surface area contributed by atoms with Crippen molar-refractivity contribution < 1.29 is 18.0 Å². The van der Waals surface area contributed by atoms with Crippen molar-refractivity contribution in [3.05, 3.63) is 86.9 Å². The van der Waals surface area contributed by atoms with Gasteiger partial charge in [0.2, 0.25) is 0 Å². The summed E-state index contributed by atoms with van der Waals surface area (Å²) < 4.78 is 28.8. The molecule has 0 aliphatic heterocycles. The number of rotatable bonds is 3. The maximum atomic E-state index is 13.2. The highest BCUT2D eigenvalue weighted by molar-refractivity contribution is 9.10. The van der Waals surface area contributed by atoms with Gasteiger partial charge in [0.25, 0.3) is 10.0 Å². The molecule has 3 aromatic rings. The Morgan fingerprint density at radius 3 is 2.07 bits per heavy atom. The first kappa shape index (κ1) is 19.4. The second kappa shape index (κ2) is 6.82. The van der Waals surface area contributed by atoms with E-state index in [1.807, 2.05) is 0 Å². The van der Waals surface area contributed by atoms with Crippen LogP contribution in [0.5, 0.6) is 0 Å². The molecule has 0 amide bonds. The third kappa shape index (κ3) is 3.04. The van der Waals surface area contributed by atoms with E-state index in [1.165, 1.54) is 18.2 Å². The number of hydrogen-bond acceptors (Lipinski definition) is 5. The molecule has 29 heavy (non-hydrogen) atoms. The average Bonchev–Trinajstić information content (AvgIpc) is 2.68. The number of hydrogen-bond donors (Lipinski definition) is 2. The van der Waals surface area contributed by atoms with E-state index in [2.05, 4.69) is 20.7 Å². The topological polar surface area (TPSA) is 106 Å². The first-order valence-electron chi connectivity index (χ1n) is 8.61. The van der Waals surface area contributed by atoms with Gasteiger partial charge in [-0.3, -0.25) is 14.3 Å². The molecule has 4 rings (SSSR count). The minimum absolute atomic E-state index is 0.00261. The summed E-state index contributed by atoms with van der Waals surface area (Å²) in [5, 5.41) is 0. The Morgan fingerprint density at radius 1 is 0.897 bits per heavy atom. The minimum atomic E-state index is -4.00. The van der Waals surface area contributed by atoms with Crippen molar-refractivity contribution in [3.8, 4) is 0 Å². The lowest BCUT2D eigenvalue weighted by Gasteiger charge is -2.23. The van der Waals surface area contributed by atoms with Crippen LogP contribution in [0.3, 0.4) is 0 Å². The van der Waals surface area contributed by atoms with Crippen LogP contribution in [0.1, 0.15) is 37.4 Å². The van der Waals surface area contributed by atoms with Gasteiger partial charge in [0.05, 0.1) is 27.4 Å². The van der Waals surface area contributed by atoms with Gasteiger partial charge >= 0.3 is 0 Å². The molecule has 3 aromatic carbocycles. The van der Waals surface area contributed by atoms with Gasteiger partial charge in [0, 0.05) is 15.6 Å². The maximum absolute atomic E-state index is 13.2. The number of halogens is 1. The summed E-state index contributed by atoms with van der Waals surface area (Å²) in [6.45, 7) is 1.67. The predicted octanol–water partition coefficient (Wildman–Crippen LogP) is 3.92. The monoisotopic (exact) mass is 470 g/mol. The Balaban J connectivity index is 1.94. The number of carbonyl (C=O) groups is 2. The zero-order chi connectivity index (χ0) is 20.9. The summed E-state index contributed by atoms with van der Waals surface area (Å²) >= 11 is 3.27. The fourth-order valence-electron chi connectivity index (χ4n) is 3.42. The Labute approximate surface area is 175 Å². The number of fused-ring (bicyclic) bond motifs is 2. The van der Waals surface area contributed by atoms with Crippen LogP contribution >= 0.6 is 15.9 Å². The molecule has 1 aliphatic rings. The van der Waals surface area contributed by atoms with Gasteiger partial charge in [0.15, 0.2) is 11.6 Å². The number of nitrogens with one attached hydrogen (secondary N) is 1. The molecule has 0 atom stereocenters. The summed E-state index contributed by atoms with van der Waals surface area (Å²) in [5.74, 6) is -0.887. The molecule has 0 saturated heterocycles. The Morgan fingerprint density at radius 2 is 1.45 bits per heavy atom. The van der Waals surface area contributed by atoms with Gasteiger partial charge in [-0.2, -0.15) is 0 Å².